The highest BCUT2D eigenvalue weighted by Gasteiger charge is 2.10. The van der Waals surface area contributed by atoms with Crippen molar-refractivity contribution in [1.29, 1.82) is 0 Å². The molecule has 1 aliphatic rings. The fourth-order valence-corrected chi connectivity index (χ4v) is 1.67. The Hall–Kier alpha value is -1.82. The maximum atomic E-state index is 5.29. The van der Waals surface area contributed by atoms with Crippen molar-refractivity contribution in [1.82, 2.24) is 10.3 Å². The van der Waals surface area contributed by atoms with Crippen LogP contribution < -0.4 is 21.7 Å². The molecule has 5 N–H and O–H groups in total. The fraction of sp³-hybridized carbons (Fsp3) is 0.400. The van der Waals surface area contributed by atoms with Gasteiger partial charge in [0.2, 0.25) is 0 Å². The number of pyridine rings is 1. The first-order valence-corrected chi connectivity index (χ1v) is 5.27. The lowest BCUT2D eigenvalue weighted by Crippen LogP contribution is -2.43. The van der Waals surface area contributed by atoms with E-state index in [-0.39, 0.29) is 5.96 Å². The van der Waals surface area contributed by atoms with Gasteiger partial charge in [0.15, 0.2) is 5.96 Å². The minimum Gasteiger partial charge on any atom is -0.370 e. The van der Waals surface area contributed by atoms with Crippen LogP contribution in [0.25, 0.3) is 0 Å². The normalized spacial score (nSPS) is 15.9. The molecule has 1 fully saturated rings. The van der Waals surface area contributed by atoms with E-state index in [4.69, 9.17) is 11.5 Å². The van der Waals surface area contributed by atoms with Gasteiger partial charge in [0.05, 0.1) is 11.9 Å². The number of nitrogens with one attached hydrogen (secondary N) is 1. The van der Waals surface area contributed by atoms with E-state index in [9.17, 15) is 0 Å². The summed E-state index contributed by atoms with van der Waals surface area (Å²) in [4.78, 5) is 10.5. The molecule has 0 unspecified atom stereocenters. The fourth-order valence-electron chi connectivity index (χ4n) is 1.67. The number of piperazine rings is 1. The van der Waals surface area contributed by atoms with Crippen LogP contribution in [0.4, 0.5) is 11.5 Å². The van der Waals surface area contributed by atoms with Gasteiger partial charge in [-0.15, -0.1) is 0 Å². The van der Waals surface area contributed by atoms with Crippen molar-refractivity contribution in [3.05, 3.63) is 18.3 Å². The summed E-state index contributed by atoms with van der Waals surface area (Å²) in [7, 11) is 0. The number of rotatable bonds is 2. The zero-order valence-electron chi connectivity index (χ0n) is 9.06. The van der Waals surface area contributed by atoms with Crippen LogP contribution >= 0.6 is 0 Å². The molecule has 1 aromatic heterocycles. The van der Waals surface area contributed by atoms with Crippen LogP contribution in [0, 0.1) is 0 Å². The quantitative estimate of drug-likeness (QED) is 0.457. The van der Waals surface area contributed by atoms with Crippen molar-refractivity contribution in [3.63, 3.8) is 0 Å². The zero-order valence-corrected chi connectivity index (χ0v) is 9.06. The van der Waals surface area contributed by atoms with Crippen molar-refractivity contribution >= 4 is 17.5 Å². The molecule has 0 aliphatic carbocycles. The van der Waals surface area contributed by atoms with Gasteiger partial charge in [0, 0.05) is 26.2 Å². The van der Waals surface area contributed by atoms with Crippen LogP contribution in [0.5, 0.6) is 0 Å². The Bertz CT molecular complexity index is 361. The Morgan fingerprint density at radius 1 is 1.31 bits per heavy atom. The summed E-state index contributed by atoms with van der Waals surface area (Å²) >= 11 is 0. The first-order chi connectivity index (χ1) is 7.75. The zero-order chi connectivity index (χ0) is 11.4. The molecule has 86 valence electrons. The van der Waals surface area contributed by atoms with Crippen LogP contribution in [0.15, 0.2) is 23.3 Å². The third-order valence-electron chi connectivity index (χ3n) is 2.43. The van der Waals surface area contributed by atoms with Crippen LogP contribution in [0.3, 0.4) is 0 Å². The SMILES string of the molecule is NC(N)=Nc1ccc(N2CCNCC2)nc1. The van der Waals surface area contributed by atoms with E-state index in [0.717, 1.165) is 32.0 Å². The second kappa shape index (κ2) is 4.80. The molecule has 0 saturated carbocycles. The first kappa shape index (κ1) is 10.7. The number of aromatic nitrogens is 1. The molecule has 0 amide bonds. The Morgan fingerprint density at radius 2 is 2.06 bits per heavy atom. The van der Waals surface area contributed by atoms with Crippen LogP contribution in [0.1, 0.15) is 0 Å². The number of hydrogen-bond donors (Lipinski definition) is 3. The van der Waals surface area contributed by atoms with Crippen molar-refractivity contribution in [2.24, 2.45) is 16.5 Å². The van der Waals surface area contributed by atoms with Crippen LogP contribution in [0.2, 0.25) is 0 Å². The van der Waals surface area contributed by atoms with E-state index in [0.29, 0.717) is 5.69 Å². The number of guanidine groups is 1. The highest BCUT2D eigenvalue weighted by molar-refractivity contribution is 5.78. The van der Waals surface area contributed by atoms with E-state index in [1.54, 1.807) is 6.20 Å². The van der Waals surface area contributed by atoms with Gasteiger partial charge in [-0.05, 0) is 12.1 Å². The average molecular weight is 220 g/mol. The van der Waals surface area contributed by atoms with Gasteiger partial charge in [-0.25, -0.2) is 9.98 Å². The summed E-state index contributed by atoms with van der Waals surface area (Å²) in [6.07, 6.45) is 1.68. The largest absolute Gasteiger partial charge is 0.370 e. The highest BCUT2D eigenvalue weighted by atomic mass is 15.2. The number of anilines is 1. The molecule has 0 bridgehead atoms. The van der Waals surface area contributed by atoms with Crippen molar-refractivity contribution in [2.45, 2.75) is 0 Å². The molecule has 1 saturated heterocycles. The maximum Gasteiger partial charge on any atom is 0.191 e. The second-order valence-electron chi connectivity index (χ2n) is 3.65. The van der Waals surface area contributed by atoms with E-state index in [1.807, 2.05) is 12.1 Å². The minimum atomic E-state index is 0.0525. The predicted octanol–water partition coefficient (Wildman–Crippen LogP) is -0.604. The highest BCUT2D eigenvalue weighted by Crippen LogP contribution is 2.16. The van der Waals surface area contributed by atoms with E-state index >= 15 is 0 Å². The van der Waals surface area contributed by atoms with E-state index < -0.39 is 0 Å². The van der Waals surface area contributed by atoms with Gasteiger partial charge in [-0.2, -0.15) is 0 Å². The monoisotopic (exact) mass is 220 g/mol. The topological polar surface area (TPSA) is 92.6 Å². The summed E-state index contributed by atoms with van der Waals surface area (Å²) in [6.45, 7) is 3.96. The molecule has 1 aromatic rings. The lowest BCUT2D eigenvalue weighted by molar-refractivity contribution is 0.585. The van der Waals surface area contributed by atoms with Gasteiger partial charge in [0.25, 0.3) is 0 Å². The van der Waals surface area contributed by atoms with Crippen LogP contribution in [-0.4, -0.2) is 37.1 Å². The van der Waals surface area contributed by atoms with Crippen molar-refractivity contribution in [3.8, 4) is 0 Å². The standard InChI is InChI=1S/C10H16N6/c11-10(12)15-8-1-2-9(14-7-8)16-5-3-13-4-6-16/h1-2,7,13H,3-6H2,(H4,11,12,15). The van der Waals surface area contributed by atoms with Gasteiger partial charge in [0.1, 0.15) is 5.82 Å². The van der Waals surface area contributed by atoms with Crippen molar-refractivity contribution in [2.75, 3.05) is 31.1 Å². The number of nitrogens with zero attached hydrogens (tertiary/aromatic N) is 3. The summed E-state index contributed by atoms with van der Waals surface area (Å²) < 4.78 is 0. The third kappa shape index (κ3) is 2.60. The van der Waals surface area contributed by atoms with E-state index in [2.05, 4.69) is 20.2 Å². The van der Waals surface area contributed by atoms with Gasteiger partial charge in [-0.1, -0.05) is 0 Å². The minimum absolute atomic E-state index is 0.0525. The maximum absolute atomic E-state index is 5.29. The molecule has 2 heterocycles. The molecular weight excluding hydrogens is 204 g/mol. The molecule has 1 aliphatic heterocycles. The molecule has 0 spiro atoms. The Labute approximate surface area is 94.4 Å². The molecule has 0 atom stereocenters. The Morgan fingerprint density at radius 3 is 2.62 bits per heavy atom. The van der Waals surface area contributed by atoms with Gasteiger partial charge in [-0.3, -0.25) is 0 Å². The lowest BCUT2D eigenvalue weighted by atomic mass is 10.3. The smallest absolute Gasteiger partial charge is 0.191 e. The Balaban J connectivity index is 2.09. The van der Waals surface area contributed by atoms with E-state index in [1.165, 1.54) is 0 Å². The summed E-state index contributed by atoms with van der Waals surface area (Å²) in [5, 5.41) is 3.30. The second-order valence-corrected chi connectivity index (χ2v) is 3.65. The summed E-state index contributed by atoms with van der Waals surface area (Å²) in [5.74, 6) is 1.02. The van der Waals surface area contributed by atoms with Crippen molar-refractivity contribution < 1.29 is 0 Å². The third-order valence-corrected chi connectivity index (χ3v) is 2.43. The molecule has 6 nitrogen and oxygen atoms in total. The predicted molar refractivity (Wildman–Crippen MR) is 64.8 cm³/mol. The number of nitrogens with two attached hydrogens (primary N) is 2. The van der Waals surface area contributed by atoms with Crippen LogP contribution in [-0.2, 0) is 0 Å². The molecule has 0 radical (unpaired) electrons. The molecule has 6 heteroatoms. The number of hydrogen-bond acceptors (Lipinski definition) is 4. The molecular formula is C10H16N6. The summed E-state index contributed by atoms with van der Waals surface area (Å²) in [5.41, 5.74) is 11.3. The number of aliphatic imine (C=N–C) groups is 1. The molecule has 16 heavy (non-hydrogen) atoms. The summed E-state index contributed by atoms with van der Waals surface area (Å²) in [6, 6.07) is 3.80. The first-order valence-electron chi connectivity index (χ1n) is 5.27. The lowest BCUT2D eigenvalue weighted by Gasteiger charge is -2.28. The average Bonchev–Trinajstić information content (AvgIpc) is 2.30. The molecule has 2 rings (SSSR count). The molecule has 0 aromatic carbocycles. The van der Waals surface area contributed by atoms with Gasteiger partial charge >= 0.3 is 0 Å². The Kier molecular flexibility index (Phi) is 3.21. The van der Waals surface area contributed by atoms with Gasteiger partial charge < -0.3 is 21.7 Å².